The van der Waals surface area contributed by atoms with Crippen LogP contribution in [0.25, 0.3) is 15.3 Å². The molecule has 1 N–H and O–H groups in total. The summed E-state index contributed by atoms with van der Waals surface area (Å²) in [6, 6.07) is 13.7. The highest BCUT2D eigenvalue weighted by Gasteiger charge is 2.15. The first kappa shape index (κ1) is 19.1. The summed E-state index contributed by atoms with van der Waals surface area (Å²) in [6.07, 6.45) is 0.308. The van der Waals surface area contributed by atoms with Gasteiger partial charge in [-0.25, -0.2) is 4.98 Å². The van der Waals surface area contributed by atoms with Crippen LogP contribution in [0.1, 0.15) is 22.4 Å². The van der Waals surface area contributed by atoms with E-state index in [0.717, 1.165) is 27.2 Å². The predicted octanol–water partition coefficient (Wildman–Crippen LogP) is 4.60. The third kappa shape index (κ3) is 4.00. The van der Waals surface area contributed by atoms with E-state index in [-0.39, 0.29) is 5.91 Å². The fraction of sp³-hybridized carbons (Fsp3) is 0.227. The number of methoxy groups -OCH3 is 1. The van der Waals surface area contributed by atoms with Crippen molar-refractivity contribution in [3.05, 3.63) is 64.8 Å². The Bertz CT molecular complexity index is 1210. The molecule has 0 aliphatic carbocycles. The Morgan fingerprint density at radius 1 is 1.10 bits per heavy atom. The molecule has 6 nitrogen and oxygen atoms in total. The van der Waals surface area contributed by atoms with Crippen LogP contribution in [-0.4, -0.2) is 27.8 Å². The molecular weight excluding hydrogens is 384 g/mol. The van der Waals surface area contributed by atoms with Crippen molar-refractivity contribution >= 4 is 33.3 Å². The molecule has 0 fully saturated rings. The first-order valence-electron chi connectivity index (χ1n) is 9.30. The van der Waals surface area contributed by atoms with Crippen molar-refractivity contribution in [2.75, 3.05) is 12.4 Å². The van der Waals surface area contributed by atoms with Crippen molar-refractivity contribution in [2.24, 2.45) is 0 Å². The van der Waals surface area contributed by atoms with Gasteiger partial charge >= 0.3 is 0 Å². The summed E-state index contributed by atoms with van der Waals surface area (Å²) in [5, 5.41) is 8.20. The second kappa shape index (κ2) is 7.67. The summed E-state index contributed by atoms with van der Waals surface area (Å²) in [7, 11) is 1.63. The average molecular weight is 407 g/mol. The lowest BCUT2D eigenvalue weighted by Crippen LogP contribution is -2.17. The van der Waals surface area contributed by atoms with Crippen molar-refractivity contribution in [2.45, 2.75) is 27.2 Å². The van der Waals surface area contributed by atoms with Gasteiger partial charge in [0, 0.05) is 12.1 Å². The van der Waals surface area contributed by atoms with E-state index >= 15 is 0 Å². The van der Waals surface area contributed by atoms with Crippen molar-refractivity contribution in [1.29, 1.82) is 0 Å². The number of amides is 1. The standard InChI is InChI=1S/C22H22N4O2S/c1-13-5-6-16(9-14(13)2)11-21(27)24-20-10-15(3)25-26(20)22-23-18-12-17(28-4)7-8-19(18)29-22/h5-10,12H,11H2,1-4H3,(H,24,27). The van der Waals surface area contributed by atoms with E-state index in [2.05, 4.69) is 35.3 Å². The normalized spacial score (nSPS) is 11.0. The maximum Gasteiger partial charge on any atom is 0.229 e. The number of nitrogens with one attached hydrogen (secondary N) is 1. The number of hydrogen-bond donors (Lipinski definition) is 1. The number of aryl methyl sites for hydroxylation is 3. The molecule has 29 heavy (non-hydrogen) atoms. The minimum absolute atomic E-state index is 0.0859. The highest BCUT2D eigenvalue weighted by molar-refractivity contribution is 7.20. The van der Waals surface area contributed by atoms with Gasteiger partial charge < -0.3 is 10.1 Å². The van der Waals surface area contributed by atoms with Crippen molar-refractivity contribution in [3.8, 4) is 10.9 Å². The number of anilines is 1. The smallest absolute Gasteiger partial charge is 0.229 e. The Labute approximate surface area is 173 Å². The van der Waals surface area contributed by atoms with Gasteiger partial charge in [0.25, 0.3) is 0 Å². The molecule has 0 aliphatic heterocycles. The fourth-order valence-corrected chi connectivity index (χ4v) is 4.04. The number of hydrogen-bond acceptors (Lipinski definition) is 5. The van der Waals surface area contributed by atoms with Crippen molar-refractivity contribution in [1.82, 2.24) is 14.8 Å². The zero-order valence-corrected chi connectivity index (χ0v) is 17.6. The van der Waals surface area contributed by atoms with Gasteiger partial charge in [0.15, 0.2) is 0 Å². The number of fused-ring (bicyclic) bond motifs is 1. The van der Waals surface area contributed by atoms with Gasteiger partial charge in [-0.2, -0.15) is 9.78 Å². The molecule has 0 saturated heterocycles. The molecule has 4 rings (SSSR count). The summed E-state index contributed by atoms with van der Waals surface area (Å²) in [5.41, 5.74) is 5.03. The molecule has 0 radical (unpaired) electrons. The molecule has 0 aliphatic rings. The minimum Gasteiger partial charge on any atom is -0.497 e. The predicted molar refractivity (Wildman–Crippen MR) is 116 cm³/mol. The molecule has 0 saturated carbocycles. The van der Waals surface area contributed by atoms with Gasteiger partial charge in [-0.1, -0.05) is 29.5 Å². The molecule has 1 amide bonds. The van der Waals surface area contributed by atoms with E-state index in [9.17, 15) is 4.79 Å². The van der Waals surface area contributed by atoms with Crippen molar-refractivity contribution < 1.29 is 9.53 Å². The number of nitrogens with zero attached hydrogens (tertiary/aromatic N) is 3. The number of rotatable bonds is 5. The number of aromatic nitrogens is 3. The highest BCUT2D eigenvalue weighted by atomic mass is 32.1. The third-order valence-corrected chi connectivity index (χ3v) is 5.81. The molecular formula is C22H22N4O2S. The van der Waals surface area contributed by atoms with Crippen LogP contribution < -0.4 is 10.1 Å². The molecule has 0 unspecified atom stereocenters. The molecule has 148 valence electrons. The Morgan fingerprint density at radius 2 is 1.93 bits per heavy atom. The number of ether oxygens (including phenoxy) is 1. The Kier molecular flexibility index (Phi) is 5.07. The largest absolute Gasteiger partial charge is 0.497 e. The Hall–Kier alpha value is -3.19. The molecule has 2 aromatic carbocycles. The first-order chi connectivity index (χ1) is 13.9. The molecule has 4 aromatic rings. The molecule has 2 aromatic heterocycles. The van der Waals surface area contributed by atoms with Crippen LogP contribution >= 0.6 is 11.3 Å². The third-order valence-electron chi connectivity index (χ3n) is 4.80. The number of carbonyl (C=O) groups is 1. The van der Waals surface area contributed by atoms with E-state index < -0.39 is 0 Å². The summed E-state index contributed by atoms with van der Waals surface area (Å²) >= 11 is 1.51. The number of benzene rings is 2. The number of thiazole rings is 1. The lowest BCUT2D eigenvalue weighted by Gasteiger charge is -2.08. The lowest BCUT2D eigenvalue weighted by atomic mass is 10.0. The van der Waals surface area contributed by atoms with E-state index in [1.165, 1.54) is 22.5 Å². The highest BCUT2D eigenvalue weighted by Crippen LogP contribution is 2.29. The molecule has 0 atom stereocenters. The summed E-state index contributed by atoms with van der Waals surface area (Å²) < 4.78 is 7.99. The average Bonchev–Trinajstić information content (AvgIpc) is 3.26. The van der Waals surface area contributed by atoms with Gasteiger partial charge in [0.1, 0.15) is 11.6 Å². The Balaban J connectivity index is 1.59. The van der Waals surface area contributed by atoms with Crippen LogP contribution in [0.4, 0.5) is 5.82 Å². The zero-order chi connectivity index (χ0) is 20.5. The van der Waals surface area contributed by atoms with Crippen LogP contribution in [0.15, 0.2) is 42.5 Å². The summed E-state index contributed by atoms with van der Waals surface area (Å²) in [5.74, 6) is 1.28. The monoisotopic (exact) mass is 406 g/mol. The SMILES string of the molecule is COc1ccc2sc(-n3nc(C)cc3NC(=O)Cc3ccc(C)c(C)c3)nc2c1. The van der Waals surface area contributed by atoms with Crippen molar-refractivity contribution in [3.63, 3.8) is 0 Å². The van der Waals surface area contributed by atoms with Gasteiger partial charge in [0.2, 0.25) is 11.0 Å². The van der Waals surface area contributed by atoms with Crippen LogP contribution in [0.2, 0.25) is 0 Å². The van der Waals surface area contributed by atoms with Crippen LogP contribution in [0, 0.1) is 20.8 Å². The second-order valence-electron chi connectivity index (χ2n) is 7.06. The maximum atomic E-state index is 12.6. The summed E-state index contributed by atoms with van der Waals surface area (Å²) in [4.78, 5) is 17.3. The zero-order valence-electron chi connectivity index (χ0n) is 16.8. The van der Waals surface area contributed by atoms with Crippen LogP contribution in [-0.2, 0) is 11.2 Å². The quantitative estimate of drug-likeness (QED) is 0.526. The van der Waals surface area contributed by atoms with Gasteiger partial charge in [-0.15, -0.1) is 0 Å². The molecule has 2 heterocycles. The van der Waals surface area contributed by atoms with E-state index in [4.69, 9.17) is 4.74 Å². The lowest BCUT2D eigenvalue weighted by molar-refractivity contribution is -0.115. The topological polar surface area (TPSA) is 69.0 Å². The van der Waals surface area contributed by atoms with Gasteiger partial charge in [-0.3, -0.25) is 4.79 Å². The fourth-order valence-electron chi connectivity index (χ4n) is 3.13. The minimum atomic E-state index is -0.0859. The van der Waals surface area contributed by atoms with E-state index in [1.54, 1.807) is 11.8 Å². The molecule has 0 bridgehead atoms. The van der Waals surface area contributed by atoms with Crippen LogP contribution in [0.3, 0.4) is 0 Å². The van der Waals surface area contributed by atoms with E-state index in [0.29, 0.717) is 17.4 Å². The molecule has 0 spiro atoms. The van der Waals surface area contributed by atoms with Crippen LogP contribution in [0.5, 0.6) is 5.75 Å². The Morgan fingerprint density at radius 3 is 2.69 bits per heavy atom. The maximum absolute atomic E-state index is 12.6. The van der Waals surface area contributed by atoms with E-state index in [1.807, 2.05) is 43.3 Å². The molecule has 7 heteroatoms. The van der Waals surface area contributed by atoms with Gasteiger partial charge in [-0.05, 0) is 49.6 Å². The second-order valence-corrected chi connectivity index (χ2v) is 8.07. The number of carbonyl (C=O) groups excluding carboxylic acids is 1. The summed E-state index contributed by atoms with van der Waals surface area (Å²) in [6.45, 7) is 6.01. The van der Waals surface area contributed by atoms with Gasteiger partial charge in [0.05, 0.1) is 29.4 Å². The first-order valence-corrected chi connectivity index (χ1v) is 10.1.